The molecule has 0 atom stereocenters. The Morgan fingerprint density at radius 2 is 2.03 bits per heavy atom. The van der Waals surface area contributed by atoms with Crippen molar-refractivity contribution in [1.29, 1.82) is 0 Å². The molecule has 0 aliphatic carbocycles. The number of carbonyl (C=O) groups is 2. The van der Waals surface area contributed by atoms with Crippen LogP contribution in [0.15, 0.2) is 39.8 Å². The van der Waals surface area contributed by atoms with Crippen molar-refractivity contribution in [2.75, 3.05) is 26.9 Å². The molecule has 1 aromatic carbocycles. The number of hydrogen-bond donors (Lipinski definition) is 0. The van der Waals surface area contributed by atoms with E-state index in [0.29, 0.717) is 37.2 Å². The number of aromatic nitrogens is 2. The molecular weight excluding hydrogens is 378 g/mol. The van der Waals surface area contributed by atoms with Gasteiger partial charge in [0.05, 0.1) is 13.4 Å². The average Bonchev–Trinajstić information content (AvgIpc) is 3.14. The first-order valence-corrected chi connectivity index (χ1v) is 9.39. The molecule has 4 rings (SSSR count). The molecule has 1 aliphatic heterocycles. The summed E-state index contributed by atoms with van der Waals surface area (Å²) in [5.41, 5.74) is 0.687. The number of rotatable bonds is 5. The van der Waals surface area contributed by atoms with Crippen molar-refractivity contribution in [3.05, 3.63) is 40.9 Å². The highest BCUT2D eigenvalue weighted by molar-refractivity contribution is 6.01. The smallest absolute Gasteiger partial charge is 0.325 e. The Morgan fingerprint density at radius 1 is 1.28 bits per heavy atom. The van der Waals surface area contributed by atoms with Crippen LogP contribution in [0.4, 0.5) is 0 Å². The van der Waals surface area contributed by atoms with Gasteiger partial charge >= 0.3 is 5.97 Å². The maximum atomic E-state index is 13.0. The Kier molecular flexibility index (Phi) is 5.30. The molecule has 152 valence electrons. The number of methoxy groups -OCH3 is 1. The first-order chi connectivity index (χ1) is 14.1. The summed E-state index contributed by atoms with van der Waals surface area (Å²) in [6, 6.07) is 7.09. The van der Waals surface area contributed by atoms with E-state index in [-0.39, 0.29) is 30.6 Å². The number of furan rings is 1. The van der Waals surface area contributed by atoms with Crippen molar-refractivity contribution in [2.45, 2.75) is 25.4 Å². The number of fused-ring (bicyclic) bond motifs is 3. The van der Waals surface area contributed by atoms with Crippen LogP contribution >= 0.6 is 0 Å². The molecule has 0 unspecified atom stereocenters. The highest BCUT2D eigenvalue weighted by Gasteiger charge is 2.28. The van der Waals surface area contributed by atoms with Crippen LogP contribution < -0.4 is 5.56 Å². The van der Waals surface area contributed by atoms with E-state index in [0.717, 1.165) is 5.39 Å². The maximum Gasteiger partial charge on any atom is 0.325 e. The van der Waals surface area contributed by atoms with Crippen LogP contribution in [0.25, 0.3) is 22.1 Å². The van der Waals surface area contributed by atoms with E-state index in [1.54, 1.807) is 6.07 Å². The lowest BCUT2D eigenvalue weighted by Crippen LogP contribution is -2.48. The van der Waals surface area contributed by atoms with Crippen molar-refractivity contribution in [2.24, 2.45) is 0 Å². The van der Waals surface area contributed by atoms with Gasteiger partial charge in [0.25, 0.3) is 5.56 Å². The lowest BCUT2D eigenvalue weighted by atomic mass is 10.1. The summed E-state index contributed by atoms with van der Waals surface area (Å²) < 4.78 is 16.9. The van der Waals surface area contributed by atoms with Crippen molar-refractivity contribution in [3.8, 4) is 0 Å². The van der Waals surface area contributed by atoms with Crippen molar-refractivity contribution in [3.63, 3.8) is 0 Å². The van der Waals surface area contributed by atoms with E-state index in [1.807, 2.05) is 18.2 Å². The van der Waals surface area contributed by atoms with Gasteiger partial charge < -0.3 is 18.8 Å². The van der Waals surface area contributed by atoms with Crippen LogP contribution in [0.1, 0.15) is 12.8 Å². The molecule has 0 bridgehead atoms. The fraction of sp³-hybridized carbons (Fsp3) is 0.400. The molecule has 3 heterocycles. The second-order valence-electron chi connectivity index (χ2n) is 6.89. The summed E-state index contributed by atoms with van der Waals surface area (Å²) >= 11 is 0. The first-order valence-electron chi connectivity index (χ1n) is 9.39. The average molecular weight is 399 g/mol. The summed E-state index contributed by atoms with van der Waals surface area (Å²) in [5.74, 6) is -0.871. The van der Waals surface area contributed by atoms with E-state index in [1.165, 1.54) is 22.9 Å². The van der Waals surface area contributed by atoms with Gasteiger partial charge in [-0.1, -0.05) is 12.1 Å². The minimum absolute atomic E-state index is 0.104. The number of ether oxygens (including phenoxy) is 2. The van der Waals surface area contributed by atoms with Crippen LogP contribution in [-0.4, -0.2) is 59.2 Å². The molecule has 0 N–H and O–H groups in total. The molecule has 29 heavy (non-hydrogen) atoms. The number of nitrogens with zero attached hydrogens (tertiary/aromatic N) is 3. The van der Waals surface area contributed by atoms with Gasteiger partial charge in [0.2, 0.25) is 11.5 Å². The Balaban J connectivity index is 1.63. The fourth-order valence-corrected chi connectivity index (χ4v) is 3.59. The molecule has 0 radical (unpaired) electrons. The maximum absolute atomic E-state index is 13.0. The van der Waals surface area contributed by atoms with Crippen molar-refractivity contribution >= 4 is 33.9 Å². The SMILES string of the molecule is COC(=O)CN(C(=O)Cn1cnc2c(oc3ccccc32)c1=O)C1CCOCC1. The number of benzene rings is 1. The molecule has 0 spiro atoms. The number of esters is 1. The highest BCUT2D eigenvalue weighted by Crippen LogP contribution is 2.24. The van der Waals surface area contributed by atoms with Gasteiger partial charge in [0.15, 0.2) is 0 Å². The summed E-state index contributed by atoms with van der Waals surface area (Å²) in [6.45, 7) is 0.617. The number of hydrogen-bond acceptors (Lipinski definition) is 7. The van der Waals surface area contributed by atoms with E-state index >= 15 is 0 Å². The first kappa shape index (κ1) is 19.1. The molecular formula is C20H21N3O6. The zero-order valence-electron chi connectivity index (χ0n) is 16.0. The molecule has 9 nitrogen and oxygen atoms in total. The quantitative estimate of drug-likeness (QED) is 0.596. The Bertz CT molecular complexity index is 1110. The van der Waals surface area contributed by atoms with Crippen LogP contribution in [0.5, 0.6) is 0 Å². The van der Waals surface area contributed by atoms with Gasteiger partial charge in [-0.05, 0) is 25.0 Å². The number of carbonyl (C=O) groups excluding carboxylic acids is 2. The molecule has 9 heteroatoms. The van der Waals surface area contributed by atoms with Gasteiger partial charge in [-0.3, -0.25) is 19.0 Å². The predicted octanol–water partition coefficient (Wildman–Crippen LogP) is 1.32. The Hall–Kier alpha value is -3.20. The Labute approximate surface area is 165 Å². The van der Waals surface area contributed by atoms with Crippen molar-refractivity contribution in [1.82, 2.24) is 14.5 Å². The number of para-hydroxylation sites is 1. The van der Waals surface area contributed by atoms with Crippen LogP contribution in [0, 0.1) is 0 Å². The monoisotopic (exact) mass is 399 g/mol. The second kappa shape index (κ2) is 8.04. The minimum atomic E-state index is -0.511. The third-order valence-electron chi connectivity index (χ3n) is 5.14. The molecule has 3 aromatic rings. The van der Waals surface area contributed by atoms with Crippen molar-refractivity contribution < 1.29 is 23.5 Å². The zero-order chi connectivity index (χ0) is 20.4. The van der Waals surface area contributed by atoms with E-state index in [2.05, 4.69) is 4.98 Å². The fourth-order valence-electron chi connectivity index (χ4n) is 3.59. The van der Waals surface area contributed by atoms with Gasteiger partial charge in [-0.15, -0.1) is 0 Å². The van der Waals surface area contributed by atoms with E-state index in [4.69, 9.17) is 13.9 Å². The van der Waals surface area contributed by atoms with Gasteiger partial charge in [0, 0.05) is 24.6 Å². The molecule has 1 saturated heterocycles. The second-order valence-corrected chi connectivity index (χ2v) is 6.89. The van der Waals surface area contributed by atoms with Crippen LogP contribution in [0.2, 0.25) is 0 Å². The largest absolute Gasteiger partial charge is 0.468 e. The number of amides is 1. The van der Waals surface area contributed by atoms with Crippen LogP contribution in [0.3, 0.4) is 0 Å². The highest BCUT2D eigenvalue weighted by atomic mass is 16.5. The summed E-state index contributed by atoms with van der Waals surface area (Å²) in [6.07, 6.45) is 2.59. The summed E-state index contributed by atoms with van der Waals surface area (Å²) in [5, 5.41) is 0.743. The predicted molar refractivity (Wildman–Crippen MR) is 103 cm³/mol. The van der Waals surface area contributed by atoms with E-state index < -0.39 is 11.5 Å². The molecule has 1 fully saturated rings. The normalized spacial score (nSPS) is 14.9. The minimum Gasteiger partial charge on any atom is -0.468 e. The Morgan fingerprint density at radius 3 is 2.79 bits per heavy atom. The molecule has 0 saturated carbocycles. The molecule has 1 amide bonds. The third kappa shape index (κ3) is 3.73. The van der Waals surface area contributed by atoms with Crippen LogP contribution in [-0.2, 0) is 25.6 Å². The lowest BCUT2D eigenvalue weighted by Gasteiger charge is -2.33. The summed E-state index contributed by atoms with van der Waals surface area (Å²) in [7, 11) is 1.28. The van der Waals surface area contributed by atoms with Gasteiger partial charge in [-0.2, -0.15) is 0 Å². The third-order valence-corrected chi connectivity index (χ3v) is 5.14. The standard InChI is InChI=1S/C20H21N3O6/c1-27-17(25)11-23(13-6-8-28-9-7-13)16(24)10-22-12-21-18-14-4-2-3-5-15(14)29-19(18)20(22)26/h2-5,12-13H,6-11H2,1H3. The van der Waals surface area contributed by atoms with Gasteiger partial charge in [-0.25, -0.2) is 4.98 Å². The molecule has 2 aromatic heterocycles. The lowest BCUT2D eigenvalue weighted by molar-refractivity contribution is -0.150. The summed E-state index contributed by atoms with van der Waals surface area (Å²) in [4.78, 5) is 43.4. The van der Waals surface area contributed by atoms with Gasteiger partial charge in [0.1, 0.15) is 24.2 Å². The molecule has 1 aliphatic rings. The topological polar surface area (TPSA) is 104 Å². The zero-order valence-corrected chi connectivity index (χ0v) is 16.0. The van der Waals surface area contributed by atoms with E-state index in [9.17, 15) is 14.4 Å².